The summed E-state index contributed by atoms with van der Waals surface area (Å²) < 4.78 is 1.96. The van der Waals surface area contributed by atoms with Gasteiger partial charge < -0.3 is 15.0 Å². The lowest BCUT2D eigenvalue weighted by Crippen LogP contribution is -2.38. The molecule has 94 valence electrons. The lowest BCUT2D eigenvalue weighted by molar-refractivity contribution is -0.138. The zero-order valence-electron chi connectivity index (χ0n) is 10.2. The minimum absolute atomic E-state index is 0.379. The summed E-state index contributed by atoms with van der Waals surface area (Å²) in [6, 6.07) is 6.29. The smallest absolute Gasteiger partial charge is 0.325 e. The summed E-state index contributed by atoms with van der Waals surface area (Å²) in [6.45, 7) is 1.43. The predicted octanol–water partition coefficient (Wildman–Crippen LogP) is 1.38. The first-order valence-corrected chi connectivity index (χ1v) is 5.58. The van der Waals surface area contributed by atoms with E-state index in [2.05, 4.69) is 5.32 Å². The molecule has 2 aromatic rings. The Morgan fingerprint density at radius 3 is 2.72 bits per heavy atom. The maximum absolute atomic E-state index is 11.8. The summed E-state index contributed by atoms with van der Waals surface area (Å²) in [7, 11) is 1.93. The first kappa shape index (κ1) is 12.2. The molecule has 0 saturated heterocycles. The minimum Gasteiger partial charge on any atom is -0.480 e. The van der Waals surface area contributed by atoms with E-state index in [-0.39, 0.29) is 5.91 Å². The van der Waals surface area contributed by atoms with Crippen LogP contribution in [0.2, 0.25) is 0 Å². The van der Waals surface area contributed by atoms with Crippen molar-refractivity contribution in [1.29, 1.82) is 0 Å². The molecular formula is C13H14N2O3. The Labute approximate surface area is 104 Å². The van der Waals surface area contributed by atoms with E-state index in [1.165, 1.54) is 6.92 Å². The monoisotopic (exact) mass is 246 g/mol. The van der Waals surface area contributed by atoms with Gasteiger partial charge in [0.25, 0.3) is 5.91 Å². The van der Waals surface area contributed by atoms with E-state index in [0.29, 0.717) is 5.56 Å². The molecule has 5 heteroatoms. The molecule has 0 aliphatic carbocycles. The van der Waals surface area contributed by atoms with E-state index in [1.54, 1.807) is 12.1 Å². The molecule has 2 N–H and O–H groups in total. The van der Waals surface area contributed by atoms with Crippen molar-refractivity contribution in [2.45, 2.75) is 13.0 Å². The van der Waals surface area contributed by atoms with Gasteiger partial charge in [-0.05, 0) is 31.2 Å². The van der Waals surface area contributed by atoms with Crippen molar-refractivity contribution in [3.8, 4) is 0 Å². The van der Waals surface area contributed by atoms with Crippen molar-refractivity contribution in [3.63, 3.8) is 0 Å². The molecule has 0 bridgehead atoms. The van der Waals surface area contributed by atoms with Gasteiger partial charge >= 0.3 is 5.97 Å². The van der Waals surface area contributed by atoms with E-state index in [4.69, 9.17) is 5.11 Å². The van der Waals surface area contributed by atoms with Crippen molar-refractivity contribution in [2.75, 3.05) is 0 Å². The number of aliphatic carboxylic acids is 1. The summed E-state index contributed by atoms with van der Waals surface area (Å²) >= 11 is 0. The van der Waals surface area contributed by atoms with E-state index in [1.807, 2.05) is 29.9 Å². The third-order valence-corrected chi connectivity index (χ3v) is 2.87. The fraction of sp³-hybridized carbons (Fsp3) is 0.231. The number of amides is 1. The highest BCUT2D eigenvalue weighted by atomic mass is 16.4. The van der Waals surface area contributed by atoms with Gasteiger partial charge in [-0.25, -0.2) is 0 Å². The molecule has 2 rings (SSSR count). The Kier molecular flexibility index (Phi) is 3.06. The maximum Gasteiger partial charge on any atom is 0.325 e. The zero-order chi connectivity index (χ0) is 13.3. The minimum atomic E-state index is -1.05. The van der Waals surface area contributed by atoms with Gasteiger partial charge in [-0.1, -0.05) is 0 Å². The Hall–Kier alpha value is -2.30. The predicted molar refractivity (Wildman–Crippen MR) is 67.5 cm³/mol. The molecule has 0 aliphatic heterocycles. The quantitative estimate of drug-likeness (QED) is 0.859. The van der Waals surface area contributed by atoms with Crippen molar-refractivity contribution in [3.05, 3.63) is 36.0 Å². The summed E-state index contributed by atoms with van der Waals surface area (Å²) in [5.74, 6) is -1.43. The topological polar surface area (TPSA) is 71.3 Å². The van der Waals surface area contributed by atoms with Crippen LogP contribution in [0.1, 0.15) is 17.3 Å². The highest BCUT2D eigenvalue weighted by Gasteiger charge is 2.15. The van der Waals surface area contributed by atoms with Crippen LogP contribution in [0.3, 0.4) is 0 Å². The largest absolute Gasteiger partial charge is 0.480 e. The molecule has 1 amide bonds. The number of benzene rings is 1. The lowest BCUT2D eigenvalue weighted by atomic mass is 10.1. The van der Waals surface area contributed by atoms with E-state index in [0.717, 1.165) is 10.9 Å². The van der Waals surface area contributed by atoms with Crippen molar-refractivity contribution < 1.29 is 14.7 Å². The lowest BCUT2D eigenvalue weighted by Gasteiger charge is -2.09. The molecule has 1 unspecified atom stereocenters. The summed E-state index contributed by atoms with van der Waals surface area (Å²) in [5, 5.41) is 12.1. The van der Waals surface area contributed by atoms with Crippen LogP contribution < -0.4 is 5.32 Å². The zero-order valence-corrected chi connectivity index (χ0v) is 10.2. The highest BCUT2D eigenvalue weighted by molar-refractivity contribution is 5.99. The van der Waals surface area contributed by atoms with Gasteiger partial charge in [0.1, 0.15) is 6.04 Å². The number of rotatable bonds is 3. The molecule has 1 aromatic heterocycles. The van der Waals surface area contributed by atoms with Crippen molar-refractivity contribution >= 4 is 22.8 Å². The highest BCUT2D eigenvalue weighted by Crippen LogP contribution is 2.16. The van der Waals surface area contributed by atoms with E-state index in [9.17, 15) is 9.59 Å². The number of carbonyl (C=O) groups is 2. The van der Waals surface area contributed by atoms with Gasteiger partial charge in [0.15, 0.2) is 0 Å². The van der Waals surface area contributed by atoms with Crippen molar-refractivity contribution in [1.82, 2.24) is 9.88 Å². The number of aromatic nitrogens is 1. The number of aryl methyl sites for hydroxylation is 1. The summed E-state index contributed by atoms with van der Waals surface area (Å²) in [4.78, 5) is 22.5. The van der Waals surface area contributed by atoms with Gasteiger partial charge in [0.2, 0.25) is 0 Å². The molecule has 0 spiro atoms. The third kappa shape index (κ3) is 2.20. The SMILES string of the molecule is CC(NC(=O)c1ccc2c(ccn2C)c1)C(=O)O. The first-order valence-electron chi connectivity index (χ1n) is 5.58. The Bertz CT molecular complexity index is 616. The van der Waals surface area contributed by atoms with E-state index < -0.39 is 12.0 Å². The third-order valence-electron chi connectivity index (χ3n) is 2.87. The number of nitrogens with one attached hydrogen (secondary N) is 1. The van der Waals surface area contributed by atoms with Crippen molar-refractivity contribution in [2.24, 2.45) is 7.05 Å². The standard InChI is InChI=1S/C13H14N2O3/c1-8(13(17)18)14-12(16)10-3-4-11-9(7-10)5-6-15(11)2/h3-8H,1-2H3,(H,14,16)(H,17,18). The molecule has 5 nitrogen and oxygen atoms in total. The number of nitrogens with zero attached hydrogens (tertiary/aromatic N) is 1. The normalized spacial score (nSPS) is 12.3. The van der Waals surface area contributed by atoms with Crippen LogP contribution in [0.25, 0.3) is 10.9 Å². The second-order valence-corrected chi connectivity index (χ2v) is 4.23. The molecule has 1 aromatic carbocycles. The van der Waals surface area contributed by atoms with Gasteiger partial charge in [-0.2, -0.15) is 0 Å². The molecule has 0 aliphatic rings. The number of hydrogen-bond donors (Lipinski definition) is 2. The van der Waals surface area contributed by atoms with Crippen LogP contribution in [-0.4, -0.2) is 27.6 Å². The van der Waals surface area contributed by atoms with Crippen LogP contribution >= 0.6 is 0 Å². The van der Waals surface area contributed by atoms with Gasteiger partial charge in [-0.15, -0.1) is 0 Å². The van der Waals surface area contributed by atoms with Gasteiger partial charge in [0.05, 0.1) is 0 Å². The molecule has 1 heterocycles. The second-order valence-electron chi connectivity index (χ2n) is 4.23. The van der Waals surface area contributed by atoms with Crippen LogP contribution in [0.5, 0.6) is 0 Å². The number of carboxylic acid groups (broad SMARTS) is 1. The fourth-order valence-corrected chi connectivity index (χ4v) is 1.76. The molecule has 0 fully saturated rings. The maximum atomic E-state index is 11.8. The second kappa shape index (κ2) is 4.52. The van der Waals surface area contributed by atoms with Crippen LogP contribution in [0.4, 0.5) is 0 Å². The number of fused-ring (bicyclic) bond motifs is 1. The Balaban J connectivity index is 2.25. The summed E-state index contributed by atoms with van der Waals surface area (Å²) in [6.07, 6.45) is 1.91. The first-order chi connectivity index (χ1) is 8.49. The Morgan fingerprint density at radius 2 is 2.06 bits per heavy atom. The number of carboxylic acids is 1. The van der Waals surface area contributed by atoms with Crippen LogP contribution in [0.15, 0.2) is 30.5 Å². The van der Waals surface area contributed by atoms with Crippen LogP contribution in [-0.2, 0) is 11.8 Å². The van der Waals surface area contributed by atoms with Gasteiger partial charge in [0, 0.05) is 29.7 Å². The number of hydrogen-bond acceptors (Lipinski definition) is 2. The molecule has 0 radical (unpaired) electrons. The van der Waals surface area contributed by atoms with E-state index >= 15 is 0 Å². The average Bonchev–Trinajstić information content (AvgIpc) is 2.70. The Morgan fingerprint density at radius 1 is 1.33 bits per heavy atom. The molecule has 18 heavy (non-hydrogen) atoms. The molecule has 1 atom stereocenters. The van der Waals surface area contributed by atoms with Crippen LogP contribution in [0, 0.1) is 0 Å². The number of carbonyl (C=O) groups excluding carboxylic acids is 1. The molecule has 0 saturated carbocycles. The molecular weight excluding hydrogens is 232 g/mol. The fourth-order valence-electron chi connectivity index (χ4n) is 1.76. The average molecular weight is 246 g/mol. The van der Waals surface area contributed by atoms with Gasteiger partial charge in [-0.3, -0.25) is 9.59 Å². The summed E-state index contributed by atoms with van der Waals surface area (Å²) in [5.41, 5.74) is 1.49.